The number of rotatable bonds is 2. The third-order valence-corrected chi connectivity index (χ3v) is 2.03. The van der Waals surface area contributed by atoms with Gasteiger partial charge in [-0.25, -0.2) is 0 Å². The zero-order chi connectivity index (χ0) is 9.84. The smallest absolute Gasteiger partial charge is 0.154 e. The van der Waals surface area contributed by atoms with Gasteiger partial charge in [-0.15, -0.1) is 0 Å². The molecule has 3 heteroatoms. The number of carbonyl (C=O) groups excluding carboxylic acids is 1. The van der Waals surface area contributed by atoms with Crippen LogP contribution in [-0.4, -0.2) is 5.78 Å². The maximum atomic E-state index is 10.7. The van der Waals surface area contributed by atoms with Gasteiger partial charge in [0.25, 0.3) is 0 Å². The molecule has 0 spiro atoms. The second kappa shape index (κ2) is 4.45. The van der Waals surface area contributed by atoms with Gasteiger partial charge in [0.05, 0.1) is 5.03 Å². The van der Waals surface area contributed by atoms with E-state index < -0.39 is 0 Å². The molecule has 1 aromatic rings. The van der Waals surface area contributed by atoms with Gasteiger partial charge < -0.3 is 0 Å². The molecule has 0 amide bonds. The van der Waals surface area contributed by atoms with E-state index in [1.807, 2.05) is 0 Å². The van der Waals surface area contributed by atoms with Crippen LogP contribution in [0, 0.1) is 0 Å². The molecule has 0 radical (unpaired) electrons. The molecule has 0 N–H and O–H groups in total. The topological polar surface area (TPSA) is 17.1 Å². The minimum Gasteiger partial charge on any atom is -0.295 e. The Morgan fingerprint density at radius 2 is 1.85 bits per heavy atom. The number of carbonyl (C=O) groups is 1. The average molecular weight is 215 g/mol. The Kier molecular flexibility index (Phi) is 3.52. The predicted molar refractivity (Wildman–Crippen MR) is 56.0 cm³/mol. The van der Waals surface area contributed by atoms with Crippen molar-refractivity contribution in [1.29, 1.82) is 0 Å². The largest absolute Gasteiger partial charge is 0.295 e. The van der Waals surface area contributed by atoms with Gasteiger partial charge in [0, 0.05) is 11.1 Å². The van der Waals surface area contributed by atoms with Crippen molar-refractivity contribution >= 4 is 34.0 Å². The number of ketones is 1. The molecule has 0 bridgehead atoms. The summed E-state index contributed by atoms with van der Waals surface area (Å²) >= 11 is 11.5. The van der Waals surface area contributed by atoms with Crippen LogP contribution in [0.2, 0.25) is 5.02 Å². The van der Waals surface area contributed by atoms with Crippen molar-refractivity contribution in [2.45, 2.75) is 6.92 Å². The molecular formula is C10H8Cl2O. The van der Waals surface area contributed by atoms with Crippen LogP contribution in [0.4, 0.5) is 0 Å². The fraction of sp³-hybridized carbons (Fsp3) is 0.100. The van der Waals surface area contributed by atoms with Crippen LogP contribution in [-0.2, 0) is 4.79 Å². The Morgan fingerprint density at radius 3 is 2.31 bits per heavy atom. The Bertz CT molecular complexity index is 338. The van der Waals surface area contributed by atoms with E-state index in [4.69, 9.17) is 23.2 Å². The Balaban J connectivity index is 2.96. The van der Waals surface area contributed by atoms with E-state index in [0.29, 0.717) is 10.1 Å². The van der Waals surface area contributed by atoms with E-state index >= 15 is 0 Å². The molecule has 0 aromatic heterocycles. The number of hydrogen-bond acceptors (Lipinski definition) is 1. The van der Waals surface area contributed by atoms with Gasteiger partial charge in [0.1, 0.15) is 0 Å². The van der Waals surface area contributed by atoms with E-state index in [9.17, 15) is 4.79 Å². The lowest BCUT2D eigenvalue weighted by Crippen LogP contribution is -1.83. The first-order valence-electron chi connectivity index (χ1n) is 3.73. The van der Waals surface area contributed by atoms with Gasteiger partial charge in [0.15, 0.2) is 5.78 Å². The monoisotopic (exact) mass is 214 g/mol. The maximum absolute atomic E-state index is 10.7. The normalized spacial score (nSPS) is 11.5. The summed E-state index contributed by atoms with van der Waals surface area (Å²) in [5.41, 5.74) is 0.793. The number of halogens is 2. The molecule has 0 saturated heterocycles. The molecule has 1 nitrogen and oxygen atoms in total. The number of allylic oxidation sites excluding steroid dienone is 1. The summed E-state index contributed by atoms with van der Waals surface area (Å²) in [7, 11) is 0. The molecule has 13 heavy (non-hydrogen) atoms. The summed E-state index contributed by atoms with van der Waals surface area (Å²) in [5.74, 6) is -0.0695. The summed E-state index contributed by atoms with van der Waals surface area (Å²) in [6, 6.07) is 6.99. The van der Waals surface area contributed by atoms with Gasteiger partial charge in [-0.1, -0.05) is 35.3 Å². The highest BCUT2D eigenvalue weighted by Crippen LogP contribution is 2.20. The van der Waals surface area contributed by atoms with Crippen LogP contribution < -0.4 is 0 Å². The van der Waals surface area contributed by atoms with Crippen molar-refractivity contribution < 1.29 is 4.79 Å². The van der Waals surface area contributed by atoms with Crippen molar-refractivity contribution in [3.63, 3.8) is 0 Å². The van der Waals surface area contributed by atoms with Crippen LogP contribution in [0.1, 0.15) is 12.5 Å². The van der Waals surface area contributed by atoms with Crippen molar-refractivity contribution in [2.24, 2.45) is 0 Å². The van der Waals surface area contributed by atoms with Gasteiger partial charge in [-0.05, 0) is 24.6 Å². The highest BCUT2D eigenvalue weighted by atomic mass is 35.5. The molecular weight excluding hydrogens is 207 g/mol. The lowest BCUT2D eigenvalue weighted by Gasteiger charge is -1.97. The molecule has 0 fully saturated rings. The molecule has 0 unspecified atom stereocenters. The lowest BCUT2D eigenvalue weighted by atomic mass is 10.2. The zero-order valence-corrected chi connectivity index (χ0v) is 8.56. The Morgan fingerprint density at radius 1 is 1.31 bits per heavy atom. The summed E-state index contributed by atoms with van der Waals surface area (Å²) in [6.07, 6.45) is 1.38. The number of benzene rings is 1. The molecule has 1 aromatic carbocycles. The van der Waals surface area contributed by atoms with Crippen LogP contribution >= 0.6 is 23.2 Å². The second-order valence-electron chi connectivity index (χ2n) is 2.61. The Hall–Kier alpha value is -0.790. The quantitative estimate of drug-likeness (QED) is 0.690. The van der Waals surface area contributed by atoms with Crippen molar-refractivity contribution in [3.05, 3.63) is 40.9 Å². The first kappa shape index (κ1) is 10.3. The molecule has 0 aliphatic rings. The van der Waals surface area contributed by atoms with Gasteiger partial charge in [-0.3, -0.25) is 4.79 Å². The average Bonchev–Trinajstić information content (AvgIpc) is 2.04. The molecule has 0 aliphatic heterocycles. The van der Waals surface area contributed by atoms with E-state index in [1.54, 1.807) is 24.3 Å². The van der Waals surface area contributed by atoms with Crippen molar-refractivity contribution in [1.82, 2.24) is 0 Å². The summed E-state index contributed by atoms with van der Waals surface area (Å²) < 4.78 is 0. The van der Waals surface area contributed by atoms with Gasteiger partial charge in [0.2, 0.25) is 0 Å². The SMILES string of the molecule is CC(=O)/C=C(\Cl)c1ccc(Cl)cc1. The third-order valence-electron chi connectivity index (χ3n) is 1.45. The fourth-order valence-corrected chi connectivity index (χ4v) is 1.28. The molecule has 0 aliphatic carbocycles. The van der Waals surface area contributed by atoms with E-state index in [0.717, 1.165) is 5.56 Å². The van der Waals surface area contributed by atoms with Crippen LogP contribution in [0.5, 0.6) is 0 Å². The van der Waals surface area contributed by atoms with E-state index in [2.05, 4.69) is 0 Å². The maximum Gasteiger partial charge on any atom is 0.154 e. The van der Waals surface area contributed by atoms with Crippen molar-refractivity contribution in [3.8, 4) is 0 Å². The molecule has 0 saturated carbocycles. The third kappa shape index (κ3) is 3.21. The predicted octanol–water partition coefficient (Wildman–Crippen LogP) is 3.51. The van der Waals surface area contributed by atoms with Gasteiger partial charge >= 0.3 is 0 Å². The minimum atomic E-state index is -0.0695. The van der Waals surface area contributed by atoms with Crippen molar-refractivity contribution in [2.75, 3.05) is 0 Å². The minimum absolute atomic E-state index is 0.0695. The molecule has 0 heterocycles. The standard InChI is InChI=1S/C10H8Cl2O/c1-7(13)6-10(12)8-2-4-9(11)5-3-8/h2-6H,1H3/b10-6-. The highest BCUT2D eigenvalue weighted by molar-refractivity contribution is 6.50. The molecule has 0 atom stereocenters. The number of hydrogen-bond donors (Lipinski definition) is 0. The molecule has 1 rings (SSSR count). The molecule has 68 valence electrons. The van der Waals surface area contributed by atoms with Crippen LogP contribution in [0.15, 0.2) is 30.3 Å². The second-order valence-corrected chi connectivity index (χ2v) is 3.45. The van der Waals surface area contributed by atoms with E-state index in [-0.39, 0.29) is 5.78 Å². The lowest BCUT2D eigenvalue weighted by molar-refractivity contribution is -0.112. The summed E-state index contributed by atoms with van der Waals surface area (Å²) in [6.45, 7) is 1.46. The van der Waals surface area contributed by atoms with E-state index in [1.165, 1.54) is 13.0 Å². The first-order chi connectivity index (χ1) is 6.09. The van der Waals surface area contributed by atoms with Crippen LogP contribution in [0.3, 0.4) is 0 Å². The zero-order valence-electron chi connectivity index (χ0n) is 7.05. The fourth-order valence-electron chi connectivity index (χ4n) is 0.871. The van der Waals surface area contributed by atoms with Crippen LogP contribution in [0.25, 0.3) is 5.03 Å². The Labute approximate surface area is 87.0 Å². The van der Waals surface area contributed by atoms with Gasteiger partial charge in [-0.2, -0.15) is 0 Å². The first-order valence-corrected chi connectivity index (χ1v) is 4.49. The summed E-state index contributed by atoms with van der Waals surface area (Å²) in [4.78, 5) is 10.7. The summed E-state index contributed by atoms with van der Waals surface area (Å²) in [5, 5.41) is 1.08. The highest BCUT2D eigenvalue weighted by Gasteiger charge is 1.98.